The molecule has 1 N–H and O–H groups in total. The lowest BCUT2D eigenvalue weighted by Crippen LogP contribution is -2.36. The van der Waals surface area contributed by atoms with Crippen molar-refractivity contribution in [3.8, 4) is 0 Å². The van der Waals surface area contributed by atoms with E-state index >= 15 is 0 Å². The van der Waals surface area contributed by atoms with Gasteiger partial charge >= 0.3 is 0 Å². The van der Waals surface area contributed by atoms with Gasteiger partial charge in [-0.05, 0) is 56.3 Å². The Morgan fingerprint density at radius 2 is 2.10 bits per heavy atom. The summed E-state index contributed by atoms with van der Waals surface area (Å²) in [5.41, 5.74) is 4.51. The molecule has 3 heteroatoms. The summed E-state index contributed by atoms with van der Waals surface area (Å²) >= 11 is 0. The van der Waals surface area contributed by atoms with E-state index in [-0.39, 0.29) is 0 Å². The summed E-state index contributed by atoms with van der Waals surface area (Å²) in [7, 11) is 2.33. The molecule has 2 atom stereocenters. The van der Waals surface area contributed by atoms with Crippen molar-refractivity contribution >= 4 is 5.69 Å². The van der Waals surface area contributed by atoms with Crippen molar-refractivity contribution in [1.29, 1.82) is 0 Å². The highest BCUT2D eigenvalue weighted by Crippen LogP contribution is 2.31. The average molecular weight is 285 g/mol. The molecule has 3 heterocycles. The van der Waals surface area contributed by atoms with Gasteiger partial charge in [-0.2, -0.15) is 0 Å². The lowest BCUT2D eigenvalue weighted by Gasteiger charge is -2.28. The zero-order valence-electron chi connectivity index (χ0n) is 13.1. The van der Waals surface area contributed by atoms with E-state index in [1.165, 1.54) is 50.9 Å². The summed E-state index contributed by atoms with van der Waals surface area (Å²) in [6.07, 6.45) is 6.68. The summed E-state index contributed by atoms with van der Waals surface area (Å²) in [4.78, 5) is 5.34. The number of nitrogens with zero attached hydrogens (tertiary/aromatic N) is 2. The Hall–Kier alpha value is -1.06. The van der Waals surface area contributed by atoms with Crippen molar-refractivity contribution in [2.24, 2.45) is 0 Å². The number of rotatable bonds is 2. The van der Waals surface area contributed by atoms with Gasteiger partial charge < -0.3 is 5.32 Å². The fourth-order valence-corrected chi connectivity index (χ4v) is 4.50. The van der Waals surface area contributed by atoms with E-state index in [2.05, 4.69) is 40.4 Å². The molecule has 0 aromatic heterocycles. The number of likely N-dealkylation sites (tertiary alicyclic amines) is 1. The number of hydrogen-bond acceptors (Lipinski definition) is 3. The van der Waals surface area contributed by atoms with Gasteiger partial charge in [0, 0.05) is 44.0 Å². The summed E-state index contributed by atoms with van der Waals surface area (Å²) in [6.45, 7) is 4.79. The quantitative estimate of drug-likeness (QED) is 0.901. The van der Waals surface area contributed by atoms with Gasteiger partial charge in [-0.1, -0.05) is 12.1 Å². The molecule has 3 nitrogen and oxygen atoms in total. The Labute approximate surface area is 128 Å². The normalized spacial score (nSPS) is 29.8. The second-order valence-corrected chi connectivity index (χ2v) is 7.05. The minimum Gasteiger partial charge on any atom is -0.385 e. The van der Waals surface area contributed by atoms with Gasteiger partial charge in [-0.15, -0.1) is 0 Å². The molecule has 21 heavy (non-hydrogen) atoms. The monoisotopic (exact) mass is 285 g/mol. The van der Waals surface area contributed by atoms with Gasteiger partial charge in [-0.25, -0.2) is 0 Å². The highest BCUT2D eigenvalue weighted by Gasteiger charge is 2.34. The summed E-state index contributed by atoms with van der Waals surface area (Å²) < 4.78 is 0. The van der Waals surface area contributed by atoms with Gasteiger partial charge in [-0.3, -0.25) is 9.80 Å². The second-order valence-electron chi connectivity index (χ2n) is 7.05. The lowest BCUT2D eigenvalue weighted by molar-refractivity contribution is 0.214. The topological polar surface area (TPSA) is 18.5 Å². The fraction of sp³-hybridized carbons (Fsp3) is 0.667. The fourth-order valence-electron chi connectivity index (χ4n) is 4.50. The molecular weight excluding hydrogens is 258 g/mol. The molecule has 1 aromatic carbocycles. The van der Waals surface area contributed by atoms with Crippen LogP contribution in [0, 0.1) is 0 Å². The zero-order valence-corrected chi connectivity index (χ0v) is 13.1. The van der Waals surface area contributed by atoms with Crippen LogP contribution in [0.15, 0.2) is 18.2 Å². The number of benzene rings is 1. The summed E-state index contributed by atoms with van der Waals surface area (Å²) in [6, 6.07) is 8.44. The second kappa shape index (κ2) is 5.62. The molecule has 0 amide bonds. The number of hydrogen-bond donors (Lipinski definition) is 1. The molecule has 2 saturated heterocycles. The Morgan fingerprint density at radius 1 is 1.19 bits per heavy atom. The maximum Gasteiger partial charge on any atom is 0.0375 e. The Balaban J connectivity index is 1.51. The van der Waals surface area contributed by atoms with E-state index in [4.69, 9.17) is 0 Å². The summed E-state index contributed by atoms with van der Waals surface area (Å²) in [5.74, 6) is 0. The van der Waals surface area contributed by atoms with Crippen LogP contribution in [0.5, 0.6) is 0 Å². The Kier molecular flexibility index (Phi) is 3.64. The van der Waals surface area contributed by atoms with Crippen LogP contribution in [-0.4, -0.2) is 48.6 Å². The van der Waals surface area contributed by atoms with E-state index < -0.39 is 0 Å². The molecule has 0 aliphatic carbocycles. The largest absolute Gasteiger partial charge is 0.385 e. The molecule has 4 rings (SSSR count). The number of fused-ring (bicyclic) bond motifs is 3. The van der Waals surface area contributed by atoms with Crippen molar-refractivity contribution < 1.29 is 0 Å². The zero-order chi connectivity index (χ0) is 14.2. The van der Waals surface area contributed by atoms with Crippen LogP contribution < -0.4 is 5.32 Å². The maximum atomic E-state index is 3.56. The van der Waals surface area contributed by atoms with Crippen LogP contribution in [0.25, 0.3) is 0 Å². The molecule has 2 bridgehead atoms. The molecule has 2 fully saturated rings. The SMILES string of the molecule is CN1C2CCC1CN(Cc1cccc3c1CCCN3)CC2. The smallest absolute Gasteiger partial charge is 0.0375 e. The molecule has 3 aliphatic rings. The number of anilines is 1. The van der Waals surface area contributed by atoms with Crippen molar-refractivity contribution in [2.75, 3.05) is 32.0 Å². The highest BCUT2D eigenvalue weighted by atomic mass is 15.3. The minimum atomic E-state index is 0.787. The minimum absolute atomic E-state index is 0.787. The molecular formula is C18H27N3. The Bertz CT molecular complexity index is 513. The van der Waals surface area contributed by atoms with Gasteiger partial charge in [0.05, 0.1) is 0 Å². The number of likely N-dealkylation sites (N-methyl/N-ethyl adjacent to an activating group) is 1. The van der Waals surface area contributed by atoms with Crippen LogP contribution in [0.3, 0.4) is 0 Å². The summed E-state index contributed by atoms with van der Waals surface area (Å²) in [5, 5.41) is 3.56. The lowest BCUT2D eigenvalue weighted by atomic mass is 9.97. The van der Waals surface area contributed by atoms with Gasteiger partial charge in [0.1, 0.15) is 0 Å². The van der Waals surface area contributed by atoms with Crippen LogP contribution in [-0.2, 0) is 13.0 Å². The molecule has 2 unspecified atom stereocenters. The third-order valence-electron chi connectivity index (χ3n) is 5.82. The van der Waals surface area contributed by atoms with E-state index in [0.717, 1.165) is 25.2 Å². The van der Waals surface area contributed by atoms with Gasteiger partial charge in [0.25, 0.3) is 0 Å². The third-order valence-corrected chi connectivity index (χ3v) is 5.82. The van der Waals surface area contributed by atoms with E-state index in [1.54, 1.807) is 11.1 Å². The standard InChI is InChI=1S/C18H27N3/c1-20-15-7-8-16(20)13-21(11-9-15)12-14-4-2-6-18-17(14)5-3-10-19-18/h2,4,6,15-16,19H,3,5,7-13H2,1H3. The van der Waals surface area contributed by atoms with E-state index in [9.17, 15) is 0 Å². The van der Waals surface area contributed by atoms with Gasteiger partial charge in [0.2, 0.25) is 0 Å². The molecule has 3 aliphatic heterocycles. The van der Waals surface area contributed by atoms with Crippen LogP contribution in [0.1, 0.15) is 36.8 Å². The molecule has 114 valence electrons. The molecule has 0 spiro atoms. The highest BCUT2D eigenvalue weighted by molar-refractivity contribution is 5.56. The first-order valence-electron chi connectivity index (χ1n) is 8.60. The average Bonchev–Trinajstić information content (AvgIpc) is 2.76. The molecule has 0 radical (unpaired) electrons. The first-order chi connectivity index (χ1) is 10.3. The molecule has 1 aromatic rings. The van der Waals surface area contributed by atoms with E-state index in [1.807, 2.05) is 0 Å². The van der Waals surface area contributed by atoms with Crippen molar-refractivity contribution in [3.05, 3.63) is 29.3 Å². The van der Waals surface area contributed by atoms with Crippen LogP contribution in [0.4, 0.5) is 5.69 Å². The van der Waals surface area contributed by atoms with Crippen LogP contribution in [0.2, 0.25) is 0 Å². The van der Waals surface area contributed by atoms with E-state index in [0.29, 0.717) is 0 Å². The third kappa shape index (κ3) is 2.58. The maximum absolute atomic E-state index is 3.56. The predicted octanol–water partition coefficient (Wildman–Crippen LogP) is 2.71. The van der Waals surface area contributed by atoms with Gasteiger partial charge in [0.15, 0.2) is 0 Å². The van der Waals surface area contributed by atoms with Crippen LogP contribution >= 0.6 is 0 Å². The Morgan fingerprint density at radius 3 is 3.05 bits per heavy atom. The van der Waals surface area contributed by atoms with Crippen molar-refractivity contribution in [2.45, 2.75) is 50.7 Å². The van der Waals surface area contributed by atoms with Crippen molar-refractivity contribution in [1.82, 2.24) is 9.80 Å². The van der Waals surface area contributed by atoms with Crippen molar-refractivity contribution in [3.63, 3.8) is 0 Å². The molecule has 0 saturated carbocycles. The predicted molar refractivity (Wildman–Crippen MR) is 87.7 cm³/mol. The first kappa shape index (κ1) is 13.6. The first-order valence-corrected chi connectivity index (χ1v) is 8.60. The number of nitrogens with one attached hydrogen (secondary N) is 1.